The zero-order valence-electron chi connectivity index (χ0n) is 12.8. The summed E-state index contributed by atoms with van der Waals surface area (Å²) in [5, 5.41) is 0.636. The van der Waals surface area contributed by atoms with Crippen molar-refractivity contribution in [1.29, 1.82) is 0 Å². The van der Waals surface area contributed by atoms with Gasteiger partial charge in [0.2, 0.25) is 0 Å². The largest absolute Gasteiger partial charge is 0.465 e. The van der Waals surface area contributed by atoms with Crippen molar-refractivity contribution in [2.45, 2.75) is 39.5 Å². The zero-order chi connectivity index (χ0) is 16.0. The summed E-state index contributed by atoms with van der Waals surface area (Å²) in [5.41, 5.74) is 0.504. The first kappa shape index (κ1) is 18.1. The fraction of sp³-hybridized carbons (Fsp3) is 0.533. The number of nitrogens with one attached hydrogen (secondary N) is 1. The molecule has 118 valence electrons. The van der Waals surface area contributed by atoms with Gasteiger partial charge in [-0.2, -0.15) is 0 Å². The van der Waals surface area contributed by atoms with Crippen molar-refractivity contribution in [3.05, 3.63) is 34.9 Å². The van der Waals surface area contributed by atoms with Crippen LogP contribution in [0.2, 0.25) is 5.02 Å². The number of benzene rings is 1. The third kappa shape index (κ3) is 6.16. The van der Waals surface area contributed by atoms with Gasteiger partial charge in [-0.25, -0.2) is 8.93 Å². The molecule has 1 aromatic rings. The molecule has 1 rings (SSSR count). The molecule has 0 heterocycles. The lowest BCUT2D eigenvalue weighted by molar-refractivity contribution is -0.147. The smallest absolute Gasteiger partial charge is 0.324 e. The van der Waals surface area contributed by atoms with E-state index in [1.54, 1.807) is 19.1 Å². The summed E-state index contributed by atoms with van der Waals surface area (Å²) >= 11 is 5.82. The van der Waals surface area contributed by atoms with Gasteiger partial charge in [0.25, 0.3) is 0 Å². The Morgan fingerprint density at radius 1 is 1.33 bits per heavy atom. The maximum Gasteiger partial charge on any atom is 0.324 e. The van der Waals surface area contributed by atoms with Crippen LogP contribution in [-0.4, -0.2) is 22.8 Å². The lowest BCUT2D eigenvalue weighted by Crippen LogP contribution is -2.48. The summed E-state index contributed by atoms with van der Waals surface area (Å²) in [5.74, 6) is -0.0714. The number of hydrogen-bond donors (Lipinski definition) is 1. The minimum atomic E-state index is -1.37. The van der Waals surface area contributed by atoms with E-state index in [2.05, 4.69) is 4.72 Å². The van der Waals surface area contributed by atoms with E-state index < -0.39 is 17.0 Å². The number of halogens is 1. The van der Waals surface area contributed by atoms with Gasteiger partial charge in [-0.3, -0.25) is 4.79 Å². The highest BCUT2D eigenvalue weighted by Crippen LogP contribution is 2.21. The highest BCUT2D eigenvalue weighted by molar-refractivity contribution is 7.82. The van der Waals surface area contributed by atoms with Crippen molar-refractivity contribution in [1.82, 2.24) is 4.72 Å². The Hall–Kier alpha value is -0.910. The molecule has 0 saturated heterocycles. The molecular weight excluding hydrogens is 310 g/mol. The first-order valence-corrected chi connectivity index (χ1v) is 8.49. The molecule has 1 N–H and O–H groups in total. The quantitative estimate of drug-likeness (QED) is 0.815. The molecule has 0 bridgehead atoms. The summed E-state index contributed by atoms with van der Waals surface area (Å²) in [6.45, 7) is 7.77. The predicted molar refractivity (Wildman–Crippen MR) is 86.3 cm³/mol. The second-order valence-electron chi connectivity index (χ2n) is 5.79. The van der Waals surface area contributed by atoms with Gasteiger partial charge in [0.05, 0.1) is 23.3 Å². The number of ether oxygens (including phenoxy) is 1. The molecule has 4 nitrogen and oxygen atoms in total. The molecule has 0 aromatic heterocycles. The molecule has 0 spiro atoms. The van der Waals surface area contributed by atoms with Crippen LogP contribution in [-0.2, 0) is 26.3 Å². The molecule has 0 saturated carbocycles. The summed E-state index contributed by atoms with van der Waals surface area (Å²) in [4.78, 5) is 12.0. The van der Waals surface area contributed by atoms with Crippen LogP contribution < -0.4 is 4.72 Å². The highest BCUT2D eigenvalue weighted by Gasteiger charge is 2.33. The number of esters is 1. The van der Waals surface area contributed by atoms with E-state index >= 15 is 0 Å². The standard InChI is InChI=1S/C15H22ClNO3S/c1-5-20-14(18)13(15(2,3)4)17-21(19)10-11-6-8-12(16)9-7-11/h6-9,13,17H,5,10H2,1-4H3/t13-,21+/m1/s1. The zero-order valence-corrected chi connectivity index (χ0v) is 14.4. The molecule has 0 unspecified atom stereocenters. The van der Waals surface area contributed by atoms with Crippen LogP contribution >= 0.6 is 11.6 Å². The van der Waals surface area contributed by atoms with Crippen LogP contribution in [0.4, 0.5) is 0 Å². The minimum absolute atomic E-state index is 0.302. The summed E-state index contributed by atoms with van der Waals surface area (Å²) in [6.07, 6.45) is 0. The second-order valence-corrected chi connectivity index (χ2v) is 7.44. The van der Waals surface area contributed by atoms with Crippen molar-refractivity contribution in [3.8, 4) is 0 Å². The van der Waals surface area contributed by atoms with E-state index in [0.717, 1.165) is 5.56 Å². The number of rotatable bonds is 6. The molecule has 1 aromatic carbocycles. The fourth-order valence-corrected chi connectivity index (χ4v) is 3.13. The first-order chi connectivity index (χ1) is 9.74. The summed E-state index contributed by atoms with van der Waals surface area (Å²) in [6, 6.07) is 6.52. The molecule has 0 aliphatic carbocycles. The van der Waals surface area contributed by atoms with Crippen molar-refractivity contribution in [3.63, 3.8) is 0 Å². The maximum atomic E-state index is 12.2. The third-order valence-corrected chi connectivity index (χ3v) is 4.19. The SMILES string of the molecule is CCOC(=O)[C@@H](N[S@@](=O)Cc1ccc(Cl)cc1)C(C)(C)C. The third-order valence-electron chi connectivity index (χ3n) is 2.85. The Bertz CT molecular complexity index is 497. The van der Waals surface area contributed by atoms with Gasteiger partial charge < -0.3 is 4.74 Å². The van der Waals surface area contributed by atoms with Crippen molar-refractivity contribution < 1.29 is 13.7 Å². The average Bonchev–Trinajstić information content (AvgIpc) is 2.37. The number of carbonyl (C=O) groups is 1. The Morgan fingerprint density at radius 2 is 1.90 bits per heavy atom. The van der Waals surface area contributed by atoms with E-state index in [1.807, 2.05) is 32.9 Å². The molecule has 0 fully saturated rings. The molecule has 6 heteroatoms. The van der Waals surface area contributed by atoms with E-state index in [1.165, 1.54) is 0 Å². The van der Waals surface area contributed by atoms with E-state index in [9.17, 15) is 9.00 Å². The lowest BCUT2D eigenvalue weighted by Gasteiger charge is -2.29. The van der Waals surface area contributed by atoms with E-state index in [4.69, 9.17) is 16.3 Å². The monoisotopic (exact) mass is 331 g/mol. The number of hydrogen-bond acceptors (Lipinski definition) is 3. The first-order valence-electron chi connectivity index (χ1n) is 6.79. The van der Waals surface area contributed by atoms with Gasteiger partial charge in [-0.1, -0.05) is 44.5 Å². The minimum Gasteiger partial charge on any atom is -0.465 e. The summed E-state index contributed by atoms with van der Waals surface area (Å²) < 4.78 is 20.1. The average molecular weight is 332 g/mol. The van der Waals surface area contributed by atoms with Crippen LogP contribution in [0.5, 0.6) is 0 Å². The normalized spacial score (nSPS) is 14.5. The predicted octanol–water partition coefficient (Wildman–Crippen LogP) is 3.07. The molecule has 0 amide bonds. The van der Waals surface area contributed by atoms with E-state index in [0.29, 0.717) is 17.4 Å². The molecular formula is C15H22ClNO3S. The van der Waals surface area contributed by atoms with Gasteiger partial charge >= 0.3 is 5.97 Å². The van der Waals surface area contributed by atoms with Crippen molar-refractivity contribution in [2.75, 3.05) is 6.61 Å². The highest BCUT2D eigenvalue weighted by atomic mass is 35.5. The molecule has 21 heavy (non-hydrogen) atoms. The van der Waals surface area contributed by atoms with Gasteiger partial charge in [0.1, 0.15) is 6.04 Å². The van der Waals surface area contributed by atoms with Crippen LogP contribution in [0, 0.1) is 5.41 Å². The second kappa shape index (κ2) is 7.92. The van der Waals surface area contributed by atoms with Gasteiger partial charge in [0, 0.05) is 5.02 Å². The molecule has 0 radical (unpaired) electrons. The van der Waals surface area contributed by atoms with Crippen LogP contribution in [0.1, 0.15) is 33.3 Å². The van der Waals surface area contributed by atoms with Gasteiger partial charge in [-0.05, 0) is 30.0 Å². The lowest BCUT2D eigenvalue weighted by atomic mass is 9.87. The van der Waals surface area contributed by atoms with Crippen LogP contribution in [0.25, 0.3) is 0 Å². The molecule has 2 atom stereocenters. The van der Waals surface area contributed by atoms with Crippen LogP contribution in [0.15, 0.2) is 24.3 Å². The Morgan fingerprint density at radius 3 is 2.38 bits per heavy atom. The van der Waals surface area contributed by atoms with Crippen molar-refractivity contribution >= 4 is 28.6 Å². The van der Waals surface area contributed by atoms with E-state index in [-0.39, 0.29) is 11.4 Å². The molecule has 0 aliphatic heterocycles. The van der Waals surface area contributed by atoms with Gasteiger partial charge in [-0.15, -0.1) is 0 Å². The number of carbonyl (C=O) groups excluding carboxylic acids is 1. The fourth-order valence-electron chi connectivity index (χ4n) is 1.71. The van der Waals surface area contributed by atoms with Gasteiger partial charge in [0.15, 0.2) is 0 Å². The summed E-state index contributed by atoms with van der Waals surface area (Å²) in [7, 11) is -1.37. The van der Waals surface area contributed by atoms with Crippen molar-refractivity contribution in [2.24, 2.45) is 5.41 Å². The Kier molecular flexibility index (Phi) is 6.84. The Labute approximate surface area is 133 Å². The molecule has 0 aliphatic rings. The maximum absolute atomic E-state index is 12.2. The topological polar surface area (TPSA) is 55.4 Å². The van der Waals surface area contributed by atoms with Crippen LogP contribution in [0.3, 0.4) is 0 Å². The Balaban J connectivity index is 2.72.